The third kappa shape index (κ3) is 1.59. The summed E-state index contributed by atoms with van der Waals surface area (Å²) in [6, 6.07) is 3.85. The van der Waals surface area contributed by atoms with Crippen molar-refractivity contribution >= 4 is 0 Å². The third-order valence-corrected chi connectivity index (χ3v) is 1.77. The van der Waals surface area contributed by atoms with Gasteiger partial charge in [-0.05, 0) is 12.1 Å². The van der Waals surface area contributed by atoms with Crippen LogP contribution in [0.2, 0.25) is 0 Å². The summed E-state index contributed by atoms with van der Waals surface area (Å²) in [7, 11) is 0. The molecule has 2 aromatic rings. The normalized spacial score (nSPS) is 10.1. The van der Waals surface area contributed by atoms with Gasteiger partial charge in [-0.15, -0.1) is 0 Å². The molecule has 0 N–H and O–H groups in total. The summed E-state index contributed by atoms with van der Waals surface area (Å²) in [5.41, 5.74) is 0.518. The minimum absolute atomic E-state index is 0.250. The maximum atomic E-state index is 13.2. The van der Waals surface area contributed by atoms with Crippen molar-refractivity contribution in [2.75, 3.05) is 0 Å². The number of pyridine rings is 2. The largest absolute Gasteiger partial charge is 0.262 e. The first-order valence-corrected chi connectivity index (χ1v) is 3.99. The highest BCUT2D eigenvalue weighted by atomic mass is 19.1. The Morgan fingerprint density at radius 2 is 1.93 bits per heavy atom. The molecule has 2 aromatic heterocycles. The zero-order valence-corrected chi connectivity index (χ0v) is 7.11. The van der Waals surface area contributed by atoms with E-state index in [9.17, 15) is 8.78 Å². The van der Waals surface area contributed by atoms with Gasteiger partial charge >= 0.3 is 0 Å². The lowest BCUT2D eigenvalue weighted by Crippen LogP contribution is -1.89. The molecule has 0 fully saturated rings. The van der Waals surface area contributed by atoms with Gasteiger partial charge in [0.2, 0.25) is 0 Å². The van der Waals surface area contributed by atoms with Crippen LogP contribution < -0.4 is 0 Å². The predicted molar refractivity (Wildman–Crippen MR) is 47.4 cm³/mol. The third-order valence-electron chi connectivity index (χ3n) is 1.77. The van der Waals surface area contributed by atoms with Crippen molar-refractivity contribution in [3.05, 3.63) is 48.4 Å². The number of nitrogens with zero attached hydrogens (tertiary/aromatic N) is 2. The van der Waals surface area contributed by atoms with Gasteiger partial charge < -0.3 is 0 Å². The Morgan fingerprint density at radius 1 is 1.07 bits per heavy atom. The lowest BCUT2D eigenvalue weighted by Gasteiger charge is -2.00. The zero-order valence-electron chi connectivity index (χ0n) is 7.11. The second-order valence-corrected chi connectivity index (χ2v) is 2.71. The quantitative estimate of drug-likeness (QED) is 0.693. The molecule has 0 amide bonds. The van der Waals surface area contributed by atoms with Gasteiger partial charge in [-0.1, -0.05) is 0 Å². The van der Waals surface area contributed by atoms with Crippen LogP contribution in [0.5, 0.6) is 0 Å². The van der Waals surface area contributed by atoms with Crippen molar-refractivity contribution in [3.63, 3.8) is 0 Å². The lowest BCUT2D eigenvalue weighted by atomic mass is 10.2. The number of rotatable bonds is 1. The first kappa shape index (κ1) is 8.74. The minimum Gasteiger partial charge on any atom is -0.262 e. The van der Waals surface area contributed by atoms with Crippen LogP contribution >= 0.6 is 0 Å². The van der Waals surface area contributed by atoms with Crippen LogP contribution in [0.25, 0.3) is 11.3 Å². The highest BCUT2D eigenvalue weighted by molar-refractivity contribution is 5.58. The number of hydrogen-bond donors (Lipinski definition) is 0. The van der Waals surface area contributed by atoms with E-state index in [1.165, 1.54) is 30.6 Å². The highest BCUT2D eigenvalue weighted by Gasteiger charge is 2.05. The standard InChI is InChI=1S/C10H6F2N2/c11-7-1-4-14-10(5-7)8-2-3-13-6-9(8)12/h1-6H. The molecule has 0 aliphatic heterocycles. The van der Waals surface area contributed by atoms with Crippen molar-refractivity contribution in [2.45, 2.75) is 0 Å². The van der Waals surface area contributed by atoms with Crippen LogP contribution in [0.15, 0.2) is 36.8 Å². The van der Waals surface area contributed by atoms with Crippen molar-refractivity contribution in [3.8, 4) is 11.3 Å². The lowest BCUT2D eigenvalue weighted by molar-refractivity contribution is 0.619. The second kappa shape index (κ2) is 3.49. The monoisotopic (exact) mass is 192 g/mol. The van der Waals surface area contributed by atoms with Crippen molar-refractivity contribution < 1.29 is 8.78 Å². The molecular weight excluding hydrogens is 186 g/mol. The molecule has 14 heavy (non-hydrogen) atoms. The summed E-state index contributed by atoms with van der Waals surface area (Å²) in [4.78, 5) is 7.46. The molecule has 70 valence electrons. The smallest absolute Gasteiger partial charge is 0.150 e. The first-order chi connectivity index (χ1) is 6.77. The molecule has 0 atom stereocenters. The van der Waals surface area contributed by atoms with Gasteiger partial charge in [-0.2, -0.15) is 0 Å². The average molecular weight is 192 g/mol. The Balaban J connectivity index is 2.55. The maximum Gasteiger partial charge on any atom is 0.150 e. The van der Waals surface area contributed by atoms with Gasteiger partial charge in [0, 0.05) is 24.0 Å². The molecule has 2 rings (SSSR count). The van der Waals surface area contributed by atoms with E-state index in [1.54, 1.807) is 0 Å². The summed E-state index contributed by atoms with van der Waals surface area (Å²) < 4.78 is 26.0. The van der Waals surface area contributed by atoms with Gasteiger partial charge in [0.15, 0.2) is 5.82 Å². The summed E-state index contributed by atoms with van der Waals surface area (Å²) >= 11 is 0. The predicted octanol–water partition coefficient (Wildman–Crippen LogP) is 2.42. The van der Waals surface area contributed by atoms with Gasteiger partial charge in [-0.3, -0.25) is 9.97 Å². The Morgan fingerprint density at radius 3 is 2.64 bits per heavy atom. The molecule has 0 saturated heterocycles. The fourth-order valence-electron chi connectivity index (χ4n) is 1.13. The molecule has 2 nitrogen and oxygen atoms in total. The summed E-state index contributed by atoms with van der Waals surface area (Å²) in [5, 5.41) is 0. The van der Waals surface area contributed by atoms with Crippen LogP contribution in [-0.4, -0.2) is 9.97 Å². The van der Waals surface area contributed by atoms with Gasteiger partial charge in [-0.25, -0.2) is 8.78 Å². The Hall–Kier alpha value is -1.84. The zero-order chi connectivity index (χ0) is 9.97. The molecule has 0 saturated carbocycles. The van der Waals surface area contributed by atoms with E-state index in [1.807, 2.05) is 0 Å². The molecule has 2 heterocycles. The number of halogens is 2. The van der Waals surface area contributed by atoms with E-state index >= 15 is 0 Å². The Kier molecular flexibility index (Phi) is 2.18. The Labute approximate surface area is 79.3 Å². The molecule has 0 bridgehead atoms. The van der Waals surface area contributed by atoms with Crippen LogP contribution in [0.4, 0.5) is 8.78 Å². The first-order valence-electron chi connectivity index (χ1n) is 3.99. The van der Waals surface area contributed by atoms with Gasteiger partial charge in [0.05, 0.1) is 11.9 Å². The van der Waals surface area contributed by atoms with E-state index < -0.39 is 11.6 Å². The number of aromatic nitrogens is 2. The molecule has 4 heteroatoms. The summed E-state index contributed by atoms with van der Waals surface area (Å²) in [6.07, 6.45) is 3.80. The minimum atomic E-state index is -0.509. The molecular formula is C10H6F2N2. The van der Waals surface area contributed by atoms with Crippen LogP contribution in [0.3, 0.4) is 0 Å². The van der Waals surface area contributed by atoms with Gasteiger partial charge in [0.1, 0.15) is 5.82 Å². The van der Waals surface area contributed by atoms with E-state index in [2.05, 4.69) is 9.97 Å². The van der Waals surface area contributed by atoms with Gasteiger partial charge in [0.25, 0.3) is 0 Å². The molecule has 0 spiro atoms. The highest BCUT2D eigenvalue weighted by Crippen LogP contribution is 2.19. The van der Waals surface area contributed by atoms with E-state index in [4.69, 9.17) is 0 Å². The average Bonchev–Trinajstić information content (AvgIpc) is 2.18. The van der Waals surface area contributed by atoms with Crippen LogP contribution in [0, 0.1) is 11.6 Å². The summed E-state index contributed by atoms with van der Waals surface area (Å²) in [5.74, 6) is -0.947. The van der Waals surface area contributed by atoms with Crippen molar-refractivity contribution in [1.82, 2.24) is 9.97 Å². The number of hydrogen-bond acceptors (Lipinski definition) is 2. The summed E-state index contributed by atoms with van der Waals surface area (Å²) in [6.45, 7) is 0. The molecule has 0 unspecified atom stereocenters. The van der Waals surface area contributed by atoms with Crippen molar-refractivity contribution in [2.24, 2.45) is 0 Å². The Bertz CT molecular complexity index is 457. The van der Waals surface area contributed by atoms with E-state index in [-0.39, 0.29) is 11.3 Å². The molecule has 0 aliphatic carbocycles. The van der Waals surface area contributed by atoms with Crippen LogP contribution in [-0.2, 0) is 0 Å². The maximum absolute atomic E-state index is 13.2. The fraction of sp³-hybridized carbons (Fsp3) is 0. The van der Waals surface area contributed by atoms with E-state index in [0.29, 0.717) is 0 Å². The molecule has 0 aromatic carbocycles. The topological polar surface area (TPSA) is 25.8 Å². The molecule has 0 aliphatic rings. The second-order valence-electron chi connectivity index (χ2n) is 2.71. The van der Waals surface area contributed by atoms with E-state index in [0.717, 1.165) is 6.20 Å². The SMILES string of the molecule is Fc1ccnc(-c2ccncc2F)c1. The molecule has 0 radical (unpaired) electrons. The van der Waals surface area contributed by atoms with Crippen molar-refractivity contribution in [1.29, 1.82) is 0 Å². The fourth-order valence-corrected chi connectivity index (χ4v) is 1.13. The van der Waals surface area contributed by atoms with Crippen LogP contribution in [0.1, 0.15) is 0 Å².